The Morgan fingerprint density at radius 3 is 2.64 bits per heavy atom. The third kappa shape index (κ3) is 6.20. The summed E-state index contributed by atoms with van der Waals surface area (Å²) in [6.07, 6.45) is 1.34. The molecule has 2 aliphatic rings. The summed E-state index contributed by atoms with van der Waals surface area (Å²) < 4.78 is 16.7. The van der Waals surface area contributed by atoms with Gasteiger partial charge in [-0.15, -0.1) is 0 Å². The van der Waals surface area contributed by atoms with Crippen molar-refractivity contribution in [3.05, 3.63) is 0 Å². The number of aliphatic hydroxyl groups is 2. The summed E-state index contributed by atoms with van der Waals surface area (Å²) in [7, 11) is 0. The number of ether oxygens (including phenoxy) is 3. The van der Waals surface area contributed by atoms with Gasteiger partial charge in [-0.2, -0.15) is 0 Å². The molecule has 2 fully saturated rings. The molecule has 6 heteroatoms. The van der Waals surface area contributed by atoms with Gasteiger partial charge in [0, 0.05) is 6.42 Å². The predicted octanol–water partition coefficient (Wildman–Crippen LogP) is 2.25. The fraction of sp³-hybridized carbons (Fsp3) is 0.947. The van der Waals surface area contributed by atoms with Crippen LogP contribution in [0.3, 0.4) is 0 Å². The largest absolute Gasteiger partial charge is 0.465 e. The zero-order valence-corrected chi connectivity index (χ0v) is 15.9. The molecular weight excluding hydrogens is 324 g/mol. The van der Waals surface area contributed by atoms with Crippen LogP contribution in [0.4, 0.5) is 0 Å². The van der Waals surface area contributed by atoms with E-state index >= 15 is 0 Å². The van der Waals surface area contributed by atoms with Gasteiger partial charge in [0.05, 0.1) is 30.8 Å². The summed E-state index contributed by atoms with van der Waals surface area (Å²) in [5, 5.41) is 19.6. The Hall–Kier alpha value is -0.690. The summed E-state index contributed by atoms with van der Waals surface area (Å²) in [5.41, 5.74) is 0. The lowest BCUT2D eigenvalue weighted by atomic mass is 10.0. The number of rotatable bonds is 9. The Morgan fingerprint density at radius 2 is 1.96 bits per heavy atom. The highest BCUT2D eigenvalue weighted by molar-refractivity contribution is 5.75. The number of hydrogen-bond donors (Lipinski definition) is 2. The highest BCUT2D eigenvalue weighted by atomic mass is 16.7. The third-order valence-electron chi connectivity index (χ3n) is 5.43. The maximum Gasteiger partial charge on any atom is 0.309 e. The van der Waals surface area contributed by atoms with E-state index in [1.165, 1.54) is 0 Å². The number of carbonyl (C=O) groups excluding carboxylic acids is 1. The van der Waals surface area contributed by atoms with Gasteiger partial charge in [0.25, 0.3) is 0 Å². The van der Waals surface area contributed by atoms with Gasteiger partial charge in [0.15, 0.2) is 6.29 Å². The molecule has 2 rings (SSSR count). The van der Waals surface area contributed by atoms with Crippen LogP contribution in [-0.4, -0.2) is 53.5 Å². The number of hydrogen-bond acceptors (Lipinski definition) is 6. The molecule has 0 aromatic carbocycles. The fourth-order valence-electron chi connectivity index (χ4n) is 3.12. The molecule has 0 radical (unpaired) electrons. The van der Waals surface area contributed by atoms with Crippen molar-refractivity contribution in [2.45, 2.75) is 90.5 Å². The second-order valence-electron chi connectivity index (χ2n) is 7.85. The van der Waals surface area contributed by atoms with Crippen molar-refractivity contribution in [2.24, 2.45) is 17.8 Å². The van der Waals surface area contributed by atoms with Crippen molar-refractivity contribution < 1.29 is 29.2 Å². The Balaban J connectivity index is 1.63. The van der Waals surface area contributed by atoms with Gasteiger partial charge in [-0.25, -0.2) is 0 Å². The molecule has 0 aromatic heterocycles. The van der Waals surface area contributed by atoms with E-state index < -0.39 is 18.5 Å². The highest BCUT2D eigenvalue weighted by Crippen LogP contribution is 2.43. The first-order chi connectivity index (χ1) is 11.8. The van der Waals surface area contributed by atoms with E-state index in [-0.39, 0.29) is 30.5 Å². The zero-order valence-electron chi connectivity index (χ0n) is 15.9. The lowest BCUT2D eigenvalue weighted by Crippen LogP contribution is -2.48. The first-order valence-corrected chi connectivity index (χ1v) is 9.65. The summed E-state index contributed by atoms with van der Waals surface area (Å²) in [6, 6.07) is 0. The van der Waals surface area contributed by atoms with Crippen molar-refractivity contribution in [3.8, 4) is 0 Å². The Labute approximate surface area is 150 Å². The van der Waals surface area contributed by atoms with Crippen LogP contribution in [0.5, 0.6) is 0 Å². The molecular formula is C19H34O6. The van der Waals surface area contributed by atoms with Crippen LogP contribution in [-0.2, 0) is 19.0 Å². The third-order valence-corrected chi connectivity index (χ3v) is 5.43. The standard InChI is InChI=1S/C19H34O6/c1-5-11(2)10-23-18(22)15-8-14(15)7-6-12(3)24-19-17(21)9-16(20)13(4)25-19/h11-17,19-21H,5-10H2,1-4H3/t11?,12-,13+,14-,15-,16-,17-,19-/m1/s1. The molecule has 25 heavy (non-hydrogen) atoms. The second-order valence-corrected chi connectivity index (χ2v) is 7.85. The molecule has 1 unspecified atom stereocenters. The Morgan fingerprint density at radius 1 is 1.24 bits per heavy atom. The van der Waals surface area contributed by atoms with Crippen molar-refractivity contribution >= 4 is 5.97 Å². The highest BCUT2D eigenvalue weighted by Gasteiger charge is 2.44. The quantitative estimate of drug-likeness (QED) is 0.615. The molecule has 1 heterocycles. The lowest BCUT2D eigenvalue weighted by Gasteiger charge is -2.36. The minimum absolute atomic E-state index is 0.0444. The van der Waals surface area contributed by atoms with E-state index in [4.69, 9.17) is 14.2 Å². The van der Waals surface area contributed by atoms with E-state index in [2.05, 4.69) is 13.8 Å². The first kappa shape index (κ1) is 20.6. The van der Waals surface area contributed by atoms with Crippen molar-refractivity contribution in [2.75, 3.05) is 6.61 Å². The predicted molar refractivity (Wildman–Crippen MR) is 92.8 cm³/mol. The average molecular weight is 358 g/mol. The monoisotopic (exact) mass is 358 g/mol. The molecule has 0 aromatic rings. The van der Waals surface area contributed by atoms with Crippen LogP contribution in [0, 0.1) is 17.8 Å². The number of esters is 1. The van der Waals surface area contributed by atoms with Crippen LogP contribution in [0.15, 0.2) is 0 Å². The Bertz CT molecular complexity index is 428. The molecule has 6 nitrogen and oxygen atoms in total. The first-order valence-electron chi connectivity index (χ1n) is 9.65. The normalized spacial score (nSPS) is 37.4. The van der Waals surface area contributed by atoms with Gasteiger partial charge in [-0.05, 0) is 44.9 Å². The molecule has 146 valence electrons. The average Bonchev–Trinajstić information content (AvgIpc) is 3.35. The molecule has 8 atom stereocenters. The summed E-state index contributed by atoms with van der Waals surface area (Å²) in [4.78, 5) is 12.0. The molecule has 1 aliphatic heterocycles. The van der Waals surface area contributed by atoms with Gasteiger partial charge >= 0.3 is 5.97 Å². The molecule has 0 spiro atoms. The van der Waals surface area contributed by atoms with Crippen LogP contribution in [0.1, 0.15) is 59.8 Å². The van der Waals surface area contributed by atoms with Crippen LogP contribution in [0.25, 0.3) is 0 Å². The van der Waals surface area contributed by atoms with Crippen molar-refractivity contribution in [1.29, 1.82) is 0 Å². The van der Waals surface area contributed by atoms with Gasteiger partial charge in [0.1, 0.15) is 6.10 Å². The minimum Gasteiger partial charge on any atom is -0.465 e. The number of carbonyl (C=O) groups is 1. The SMILES string of the molecule is CCC(C)COC(=O)[C@@H]1C[C@H]1CC[C@@H](C)O[C@@H]1O[C@@H](C)[C@H](O)C[C@H]1O. The summed E-state index contributed by atoms with van der Waals surface area (Å²) in [5.74, 6) is 0.779. The number of aliphatic hydroxyl groups excluding tert-OH is 2. The summed E-state index contributed by atoms with van der Waals surface area (Å²) in [6.45, 7) is 8.41. The van der Waals surface area contributed by atoms with E-state index in [1.54, 1.807) is 6.92 Å². The maximum atomic E-state index is 12.0. The molecule has 0 bridgehead atoms. The van der Waals surface area contributed by atoms with Gasteiger partial charge in [-0.1, -0.05) is 20.3 Å². The minimum atomic E-state index is -0.808. The topological polar surface area (TPSA) is 85.2 Å². The summed E-state index contributed by atoms with van der Waals surface area (Å²) >= 11 is 0. The van der Waals surface area contributed by atoms with Gasteiger partial charge in [-0.3, -0.25) is 4.79 Å². The Kier molecular flexibility index (Phi) is 7.68. The van der Waals surface area contributed by atoms with Gasteiger partial charge in [0.2, 0.25) is 0 Å². The molecule has 1 saturated heterocycles. The molecule has 1 saturated carbocycles. The maximum absolute atomic E-state index is 12.0. The fourth-order valence-corrected chi connectivity index (χ4v) is 3.12. The molecule has 2 N–H and O–H groups in total. The van der Waals surface area contributed by atoms with Crippen molar-refractivity contribution in [3.63, 3.8) is 0 Å². The van der Waals surface area contributed by atoms with Crippen molar-refractivity contribution in [1.82, 2.24) is 0 Å². The smallest absolute Gasteiger partial charge is 0.309 e. The lowest BCUT2D eigenvalue weighted by molar-refractivity contribution is -0.273. The zero-order chi connectivity index (χ0) is 18.6. The van der Waals surface area contributed by atoms with Crippen LogP contribution >= 0.6 is 0 Å². The molecule has 1 aliphatic carbocycles. The van der Waals surface area contributed by atoms with Crippen LogP contribution < -0.4 is 0 Å². The second kappa shape index (κ2) is 9.31. The molecule has 0 amide bonds. The van der Waals surface area contributed by atoms with E-state index in [9.17, 15) is 15.0 Å². The van der Waals surface area contributed by atoms with E-state index in [1.807, 2.05) is 6.92 Å². The van der Waals surface area contributed by atoms with E-state index in [0.29, 0.717) is 18.4 Å². The van der Waals surface area contributed by atoms with Gasteiger partial charge < -0.3 is 24.4 Å². The van der Waals surface area contributed by atoms with E-state index in [0.717, 1.165) is 25.7 Å². The van der Waals surface area contributed by atoms with Crippen LogP contribution in [0.2, 0.25) is 0 Å².